The molecule has 0 saturated heterocycles. The molecular weight excluding hydrogens is 230 g/mol. The predicted octanol–water partition coefficient (Wildman–Crippen LogP) is 3.14. The van der Waals surface area contributed by atoms with Gasteiger partial charge in [-0.1, -0.05) is 30.6 Å². The Bertz CT molecular complexity index is 283. The van der Waals surface area contributed by atoms with Gasteiger partial charge in [-0.15, -0.1) is 21.8 Å². The lowest BCUT2D eigenvalue weighted by Crippen LogP contribution is -2.33. The maximum atomic E-state index is 6.10. The molecule has 1 aliphatic rings. The van der Waals surface area contributed by atoms with E-state index >= 15 is 0 Å². The average Bonchev–Trinajstić information content (AvgIpc) is 2.81. The number of halogens is 1. The quantitative estimate of drug-likeness (QED) is 0.829. The summed E-state index contributed by atoms with van der Waals surface area (Å²) in [5.74, 6) is 0.749. The second kappa shape index (κ2) is 5.12. The molecular formula is C10H16ClN3S. The summed E-state index contributed by atoms with van der Waals surface area (Å²) in [7, 11) is 0. The van der Waals surface area contributed by atoms with Gasteiger partial charge in [-0.2, -0.15) is 0 Å². The van der Waals surface area contributed by atoms with Crippen LogP contribution >= 0.6 is 22.9 Å². The Balaban J connectivity index is 1.89. The van der Waals surface area contributed by atoms with Gasteiger partial charge in [-0.25, -0.2) is 0 Å². The molecule has 0 bridgehead atoms. The first-order valence-electron chi connectivity index (χ1n) is 5.41. The van der Waals surface area contributed by atoms with Crippen molar-refractivity contribution in [2.45, 2.75) is 32.1 Å². The monoisotopic (exact) mass is 245 g/mol. The Kier molecular flexibility index (Phi) is 3.81. The zero-order chi connectivity index (χ0) is 10.6. The van der Waals surface area contributed by atoms with Crippen LogP contribution < -0.4 is 5.32 Å². The lowest BCUT2D eigenvalue weighted by molar-refractivity contribution is 0.238. The number of hydrogen-bond acceptors (Lipinski definition) is 4. The topological polar surface area (TPSA) is 37.8 Å². The van der Waals surface area contributed by atoms with Crippen LogP contribution in [0.15, 0.2) is 5.51 Å². The molecule has 0 spiro atoms. The summed E-state index contributed by atoms with van der Waals surface area (Å²) in [6.07, 6.45) is 6.46. The molecule has 0 amide bonds. The zero-order valence-corrected chi connectivity index (χ0v) is 10.3. The van der Waals surface area contributed by atoms with E-state index in [9.17, 15) is 0 Å². The van der Waals surface area contributed by atoms with Gasteiger partial charge < -0.3 is 5.32 Å². The predicted molar refractivity (Wildman–Crippen MR) is 64.6 cm³/mol. The third-order valence-corrected chi connectivity index (χ3v) is 4.39. The molecule has 1 fully saturated rings. The minimum atomic E-state index is 0.283. The van der Waals surface area contributed by atoms with E-state index in [0.29, 0.717) is 0 Å². The van der Waals surface area contributed by atoms with Crippen molar-refractivity contribution in [3.8, 4) is 0 Å². The van der Waals surface area contributed by atoms with Crippen molar-refractivity contribution in [2.75, 3.05) is 17.7 Å². The highest BCUT2D eigenvalue weighted by Gasteiger charge is 2.31. The van der Waals surface area contributed by atoms with Crippen molar-refractivity contribution in [3.05, 3.63) is 5.51 Å². The number of nitrogens with one attached hydrogen (secondary N) is 1. The molecule has 0 unspecified atom stereocenters. The molecule has 1 aromatic rings. The van der Waals surface area contributed by atoms with Crippen LogP contribution in [0.25, 0.3) is 0 Å². The summed E-state index contributed by atoms with van der Waals surface area (Å²) in [4.78, 5) is 0. The molecule has 1 saturated carbocycles. The maximum Gasteiger partial charge on any atom is 0.205 e. The van der Waals surface area contributed by atoms with Crippen LogP contribution in [0, 0.1) is 5.41 Å². The van der Waals surface area contributed by atoms with Gasteiger partial charge in [-0.3, -0.25) is 0 Å². The maximum absolute atomic E-state index is 6.10. The Morgan fingerprint density at radius 3 is 2.80 bits per heavy atom. The first-order chi connectivity index (χ1) is 7.35. The lowest BCUT2D eigenvalue weighted by Gasteiger charge is -2.35. The second-order valence-electron chi connectivity index (χ2n) is 4.29. The number of anilines is 1. The fourth-order valence-corrected chi connectivity index (χ4v) is 2.98. The van der Waals surface area contributed by atoms with Crippen molar-refractivity contribution in [2.24, 2.45) is 5.41 Å². The molecule has 1 aromatic heterocycles. The highest BCUT2D eigenvalue weighted by Crippen LogP contribution is 2.37. The molecule has 0 atom stereocenters. The van der Waals surface area contributed by atoms with E-state index < -0.39 is 0 Å². The van der Waals surface area contributed by atoms with Crippen LogP contribution in [0.5, 0.6) is 0 Å². The Morgan fingerprint density at radius 2 is 2.20 bits per heavy atom. The van der Waals surface area contributed by atoms with Crippen LogP contribution in [0.4, 0.5) is 5.13 Å². The van der Waals surface area contributed by atoms with Gasteiger partial charge in [-0.05, 0) is 12.8 Å². The number of hydrogen-bond donors (Lipinski definition) is 1. The third kappa shape index (κ3) is 2.82. The average molecular weight is 246 g/mol. The molecule has 15 heavy (non-hydrogen) atoms. The molecule has 1 N–H and O–H groups in total. The van der Waals surface area contributed by atoms with Gasteiger partial charge in [0.05, 0.1) is 0 Å². The van der Waals surface area contributed by atoms with Gasteiger partial charge in [0.1, 0.15) is 5.51 Å². The van der Waals surface area contributed by atoms with Crippen LogP contribution in [0.3, 0.4) is 0 Å². The molecule has 2 rings (SSSR count). The van der Waals surface area contributed by atoms with Gasteiger partial charge in [0.15, 0.2) is 0 Å². The molecule has 0 radical (unpaired) electrons. The van der Waals surface area contributed by atoms with E-state index in [1.807, 2.05) is 0 Å². The van der Waals surface area contributed by atoms with Crippen molar-refractivity contribution < 1.29 is 0 Å². The SMILES string of the molecule is ClCC1(CNc2nncs2)CCCCC1. The lowest BCUT2D eigenvalue weighted by atomic mass is 9.75. The molecule has 0 aliphatic heterocycles. The number of alkyl halides is 1. The summed E-state index contributed by atoms with van der Waals surface area (Å²) >= 11 is 7.65. The highest BCUT2D eigenvalue weighted by molar-refractivity contribution is 7.13. The van der Waals surface area contributed by atoms with Crippen LogP contribution in [0.1, 0.15) is 32.1 Å². The largest absolute Gasteiger partial charge is 0.359 e. The van der Waals surface area contributed by atoms with Crippen molar-refractivity contribution in [3.63, 3.8) is 0 Å². The van der Waals surface area contributed by atoms with Crippen LogP contribution in [-0.2, 0) is 0 Å². The van der Waals surface area contributed by atoms with Gasteiger partial charge in [0.25, 0.3) is 0 Å². The molecule has 84 valence electrons. The van der Waals surface area contributed by atoms with E-state index in [-0.39, 0.29) is 5.41 Å². The minimum Gasteiger partial charge on any atom is -0.359 e. The molecule has 1 aliphatic carbocycles. The fraction of sp³-hybridized carbons (Fsp3) is 0.800. The second-order valence-corrected chi connectivity index (χ2v) is 5.39. The molecule has 0 aromatic carbocycles. The van der Waals surface area contributed by atoms with E-state index in [0.717, 1.165) is 17.6 Å². The van der Waals surface area contributed by atoms with Gasteiger partial charge in [0.2, 0.25) is 5.13 Å². The number of aromatic nitrogens is 2. The zero-order valence-electron chi connectivity index (χ0n) is 8.71. The summed E-state index contributed by atoms with van der Waals surface area (Å²) in [5, 5.41) is 12.0. The van der Waals surface area contributed by atoms with E-state index in [1.54, 1.807) is 16.8 Å². The molecule has 3 nitrogen and oxygen atoms in total. The van der Waals surface area contributed by atoms with E-state index in [1.165, 1.54) is 32.1 Å². The smallest absolute Gasteiger partial charge is 0.205 e. The summed E-state index contributed by atoms with van der Waals surface area (Å²) in [5.41, 5.74) is 2.03. The Morgan fingerprint density at radius 1 is 1.40 bits per heavy atom. The van der Waals surface area contributed by atoms with Gasteiger partial charge >= 0.3 is 0 Å². The third-order valence-electron chi connectivity index (χ3n) is 3.17. The van der Waals surface area contributed by atoms with Gasteiger partial charge in [0, 0.05) is 17.8 Å². The summed E-state index contributed by atoms with van der Waals surface area (Å²) < 4.78 is 0. The standard InChI is InChI=1S/C10H16ClN3S/c11-6-10(4-2-1-3-5-10)7-12-9-14-13-8-15-9/h8H,1-7H2,(H,12,14). The normalized spacial score (nSPS) is 20.1. The van der Waals surface area contributed by atoms with Crippen LogP contribution in [0.2, 0.25) is 0 Å². The Labute approximate surface area is 99.2 Å². The number of nitrogens with zero attached hydrogens (tertiary/aromatic N) is 2. The first kappa shape index (κ1) is 11.1. The fourth-order valence-electron chi connectivity index (χ4n) is 2.17. The Hall–Kier alpha value is -0.350. The van der Waals surface area contributed by atoms with Crippen molar-refractivity contribution in [1.29, 1.82) is 0 Å². The van der Waals surface area contributed by atoms with E-state index in [2.05, 4.69) is 15.5 Å². The summed E-state index contributed by atoms with van der Waals surface area (Å²) in [6.45, 7) is 0.936. The minimum absolute atomic E-state index is 0.283. The van der Waals surface area contributed by atoms with Crippen molar-refractivity contribution in [1.82, 2.24) is 10.2 Å². The first-order valence-corrected chi connectivity index (χ1v) is 6.82. The van der Waals surface area contributed by atoms with E-state index in [4.69, 9.17) is 11.6 Å². The number of rotatable bonds is 4. The molecule has 5 heteroatoms. The summed E-state index contributed by atoms with van der Waals surface area (Å²) in [6, 6.07) is 0. The van der Waals surface area contributed by atoms with Crippen LogP contribution in [-0.4, -0.2) is 22.6 Å². The highest BCUT2D eigenvalue weighted by atomic mass is 35.5. The van der Waals surface area contributed by atoms with Crippen molar-refractivity contribution >= 4 is 28.1 Å². The molecule has 1 heterocycles.